The molecule has 19 heavy (non-hydrogen) atoms. The second-order valence-corrected chi connectivity index (χ2v) is 5.52. The monoisotopic (exact) mass is 325 g/mol. The molecule has 1 N–H and O–H groups in total. The molecule has 0 aliphatic carbocycles. The smallest absolute Gasteiger partial charge is 0.258 e. The number of pyridine rings is 1. The maximum atomic E-state index is 12.0. The van der Waals surface area contributed by atoms with E-state index in [4.69, 9.17) is 5.11 Å². The lowest BCUT2D eigenvalue weighted by molar-refractivity contribution is 0.153. The molecule has 2 aromatic heterocycles. The Hall–Kier alpha value is -1.24. The summed E-state index contributed by atoms with van der Waals surface area (Å²) in [6, 6.07) is 5.21. The van der Waals surface area contributed by atoms with E-state index in [2.05, 4.69) is 20.9 Å². The molecular formula is C13H16BrN3O2. The number of likely N-dealkylation sites (N-methyl/N-ethyl adjacent to an activating group) is 1. The van der Waals surface area contributed by atoms with Crippen LogP contribution < -0.4 is 5.56 Å². The number of rotatable bonds is 4. The molecule has 0 aromatic carbocycles. The van der Waals surface area contributed by atoms with Crippen LogP contribution in [-0.2, 0) is 6.54 Å². The van der Waals surface area contributed by atoms with Gasteiger partial charge in [0.05, 0.1) is 12.3 Å². The third-order valence-corrected chi connectivity index (χ3v) is 3.57. The second kappa shape index (κ2) is 5.81. The average Bonchev–Trinajstić information content (AvgIpc) is 2.38. The van der Waals surface area contributed by atoms with Crippen molar-refractivity contribution in [2.75, 3.05) is 13.7 Å². The molecule has 0 aliphatic rings. The fraction of sp³-hybridized carbons (Fsp3) is 0.385. The fourth-order valence-electron chi connectivity index (χ4n) is 1.76. The Labute approximate surface area is 119 Å². The Morgan fingerprint density at radius 1 is 1.53 bits per heavy atom. The normalized spacial score (nSPS) is 13.1. The van der Waals surface area contributed by atoms with Crippen LogP contribution in [0.15, 0.2) is 33.7 Å². The van der Waals surface area contributed by atoms with Crippen LogP contribution in [0.4, 0.5) is 0 Å². The molecule has 0 saturated heterocycles. The highest BCUT2D eigenvalue weighted by molar-refractivity contribution is 9.10. The first-order valence-electron chi connectivity index (χ1n) is 6.00. The Morgan fingerprint density at radius 2 is 2.26 bits per heavy atom. The molecule has 2 rings (SSSR count). The van der Waals surface area contributed by atoms with E-state index in [1.54, 1.807) is 12.3 Å². The van der Waals surface area contributed by atoms with Crippen LogP contribution in [0.5, 0.6) is 0 Å². The van der Waals surface area contributed by atoms with E-state index in [9.17, 15) is 4.79 Å². The molecule has 5 nitrogen and oxygen atoms in total. The van der Waals surface area contributed by atoms with Crippen molar-refractivity contribution in [3.63, 3.8) is 0 Å². The van der Waals surface area contributed by atoms with Crippen molar-refractivity contribution in [3.05, 3.63) is 44.9 Å². The van der Waals surface area contributed by atoms with Crippen molar-refractivity contribution in [2.45, 2.75) is 19.5 Å². The SMILES string of the molecule is CC(CO)N(C)Cc1cc(=O)n2cc(Br)ccc2n1. The average molecular weight is 326 g/mol. The molecule has 0 radical (unpaired) electrons. The first kappa shape index (κ1) is 14.2. The van der Waals surface area contributed by atoms with Crippen LogP contribution >= 0.6 is 15.9 Å². The highest BCUT2D eigenvalue weighted by atomic mass is 79.9. The fourth-order valence-corrected chi connectivity index (χ4v) is 2.09. The van der Waals surface area contributed by atoms with Crippen molar-refractivity contribution >= 4 is 21.6 Å². The van der Waals surface area contributed by atoms with Gasteiger partial charge in [0.1, 0.15) is 5.65 Å². The Morgan fingerprint density at radius 3 is 2.95 bits per heavy atom. The van der Waals surface area contributed by atoms with Gasteiger partial charge in [0.15, 0.2) is 0 Å². The van der Waals surface area contributed by atoms with Gasteiger partial charge in [-0.15, -0.1) is 0 Å². The van der Waals surface area contributed by atoms with E-state index in [0.717, 1.165) is 4.47 Å². The van der Waals surface area contributed by atoms with Crippen molar-refractivity contribution in [3.8, 4) is 0 Å². The Kier molecular flexibility index (Phi) is 4.34. The quantitative estimate of drug-likeness (QED) is 0.919. The molecule has 2 heterocycles. The molecule has 0 bridgehead atoms. The van der Waals surface area contributed by atoms with E-state index in [0.29, 0.717) is 17.9 Å². The molecule has 1 atom stereocenters. The summed E-state index contributed by atoms with van der Waals surface area (Å²) in [5.74, 6) is 0. The maximum absolute atomic E-state index is 12.0. The highest BCUT2D eigenvalue weighted by Gasteiger charge is 2.10. The van der Waals surface area contributed by atoms with Gasteiger partial charge in [-0.05, 0) is 42.0 Å². The minimum Gasteiger partial charge on any atom is -0.395 e. The van der Waals surface area contributed by atoms with E-state index < -0.39 is 0 Å². The molecule has 0 aliphatic heterocycles. The predicted octanol–water partition coefficient (Wildman–Crippen LogP) is 1.27. The second-order valence-electron chi connectivity index (χ2n) is 4.61. The minimum atomic E-state index is -0.105. The number of aliphatic hydroxyl groups excluding tert-OH is 1. The largest absolute Gasteiger partial charge is 0.395 e. The van der Waals surface area contributed by atoms with Gasteiger partial charge < -0.3 is 5.11 Å². The van der Waals surface area contributed by atoms with Crippen LogP contribution in [0, 0.1) is 0 Å². The van der Waals surface area contributed by atoms with Gasteiger partial charge in [-0.1, -0.05) is 0 Å². The molecule has 0 amide bonds. The van der Waals surface area contributed by atoms with E-state index in [1.165, 1.54) is 10.5 Å². The van der Waals surface area contributed by atoms with Crippen molar-refractivity contribution in [2.24, 2.45) is 0 Å². The van der Waals surface area contributed by atoms with Crippen LogP contribution in [0.25, 0.3) is 5.65 Å². The zero-order valence-corrected chi connectivity index (χ0v) is 12.5. The standard InChI is InChI=1S/C13H16BrN3O2/c1-9(8-18)16(2)7-11-5-13(19)17-6-10(14)3-4-12(17)15-11/h3-6,9,18H,7-8H2,1-2H3. The lowest BCUT2D eigenvalue weighted by Gasteiger charge is -2.22. The van der Waals surface area contributed by atoms with Gasteiger partial charge >= 0.3 is 0 Å². The molecule has 6 heteroatoms. The van der Waals surface area contributed by atoms with Crippen LogP contribution in [0.2, 0.25) is 0 Å². The molecule has 0 saturated carbocycles. The van der Waals surface area contributed by atoms with Crippen LogP contribution in [0.3, 0.4) is 0 Å². The third-order valence-electron chi connectivity index (χ3n) is 3.10. The number of aliphatic hydroxyl groups is 1. The Bertz CT molecular complexity index is 641. The first-order chi connectivity index (χ1) is 9.01. The van der Waals surface area contributed by atoms with E-state index in [-0.39, 0.29) is 18.2 Å². The van der Waals surface area contributed by atoms with Gasteiger partial charge in [-0.25, -0.2) is 4.98 Å². The summed E-state index contributed by atoms with van der Waals surface area (Å²) in [6.07, 6.45) is 1.70. The number of nitrogens with zero attached hydrogens (tertiary/aromatic N) is 3. The molecule has 1 unspecified atom stereocenters. The van der Waals surface area contributed by atoms with Gasteiger partial charge in [0.25, 0.3) is 5.56 Å². The van der Waals surface area contributed by atoms with Crippen molar-refractivity contribution in [1.82, 2.24) is 14.3 Å². The zero-order valence-electron chi connectivity index (χ0n) is 10.9. The predicted molar refractivity (Wildman–Crippen MR) is 77.2 cm³/mol. The van der Waals surface area contributed by atoms with Gasteiger partial charge in [-0.2, -0.15) is 0 Å². The lowest BCUT2D eigenvalue weighted by Crippen LogP contribution is -2.32. The molecule has 0 fully saturated rings. The summed E-state index contributed by atoms with van der Waals surface area (Å²) >= 11 is 3.33. The number of hydrogen-bond donors (Lipinski definition) is 1. The van der Waals surface area contributed by atoms with Crippen LogP contribution in [-0.4, -0.2) is 39.1 Å². The number of hydrogen-bond acceptors (Lipinski definition) is 4. The summed E-state index contributed by atoms with van der Waals surface area (Å²) in [6.45, 7) is 2.53. The molecule has 2 aromatic rings. The minimum absolute atomic E-state index is 0.0326. The van der Waals surface area contributed by atoms with Crippen molar-refractivity contribution < 1.29 is 5.11 Å². The molecular weight excluding hydrogens is 310 g/mol. The lowest BCUT2D eigenvalue weighted by atomic mass is 10.3. The number of aromatic nitrogens is 2. The summed E-state index contributed by atoms with van der Waals surface area (Å²) < 4.78 is 2.34. The van der Waals surface area contributed by atoms with E-state index >= 15 is 0 Å². The van der Waals surface area contributed by atoms with E-state index in [1.807, 2.05) is 24.9 Å². The topological polar surface area (TPSA) is 57.8 Å². The van der Waals surface area contributed by atoms with Gasteiger partial charge in [-0.3, -0.25) is 14.1 Å². The number of halogens is 1. The first-order valence-corrected chi connectivity index (χ1v) is 6.79. The van der Waals surface area contributed by atoms with Crippen molar-refractivity contribution in [1.29, 1.82) is 0 Å². The summed E-state index contributed by atoms with van der Waals surface area (Å²) in [5, 5.41) is 9.11. The third kappa shape index (κ3) is 3.20. The van der Waals surface area contributed by atoms with Crippen LogP contribution in [0.1, 0.15) is 12.6 Å². The summed E-state index contributed by atoms with van der Waals surface area (Å²) in [7, 11) is 1.89. The van der Waals surface area contributed by atoms with Gasteiger partial charge in [0.2, 0.25) is 0 Å². The number of fused-ring (bicyclic) bond motifs is 1. The zero-order chi connectivity index (χ0) is 14.0. The molecule has 0 spiro atoms. The highest BCUT2D eigenvalue weighted by Crippen LogP contribution is 2.10. The molecule has 102 valence electrons. The summed E-state index contributed by atoms with van der Waals surface area (Å²) in [4.78, 5) is 18.4. The summed E-state index contributed by atoms with van der Waals surface area (Å²) in [5.41, 5.74) is 1.22. The van der Waals surface area contributed by atoms with Gasteiger partial charge in [0, 0.05) is 29.3 Å². The maximum Gasteiger partial charge on any atom is 0.258 e. The Balaban J connectivity index is 2.36.